The van der Waals surface area contributed by atoms with Gasteiger partial charge in [0.15, 0.2) is 6.17 Å². The van der Waals surface area contributed by atoms with Crippen molar-refractivity contribution >= 4 is 99.9 Å². The average Bonchev–Trinajstić information content (AvgIpc) is 1.65. The Balaban J connectivity index is 0.000000178. The molecule has 6 heterocycles. The number of hydrogen-bond donors (Lipinski definition) is 3. The maximum Gasteiger partial charge on any atom is 0.452 e. The van der Waals surface area contributed by atoms with E-state index in [-0.39, 0.29) is 92.9 Å². The number of halogens is 6. The van der Waals surface area contributed by atoms with Gasteiger partial charge < -0.3 is 38.6 Å². The number of carbonyl (C=O) groups excluding carboxylic acids is 4. The van der Waals surface area contributed by atoms with E-state index in [1.165, 1.54) is 113 Å². The van der Waals surface area contributed by atoms with Crippen LogP contribution in [-0.4, -0.2) is 120 Å². The number of nitrogens with one attached hydrogen (secondary N) is 2. The molecule has 1 aliphatic heterocycles. The molecule has 4 amide bonds. The van der Waals surface area contributed by atoms with Crippen LogP contribution in [-0.2, 0) is 42.5 Å². The zero-order valence-electron chi connectivity index (χ0n) is 57.8. The van der Waals surface area contributed by atoms with Gasteiger partial charge in [-0.15, -0.1) is 0 Å². The molecule has 5 aromatic heterocycles. The zero-order chi connectivity index (χ0) is 75.8. The van der Waals surface area contributed by atoms with Crippen LogP contribution < -0.4 is 19.2 Å². The first-order valence-electron chi connectivity index (χ1n) is 32.3. The minimum atomic E-state index is -3.83. The summed E-state index contributed by atoms with van der Waals surface area (Å²) in [6, 6.07) is 34.0. The minimum absolute atomic E-state index is 0.0129. The number of carbonyl (C=O) groups is 4. The van der Waals surface area contributed by atoms with E-state index in [1.54, 1.807) is 92.9 Å². The van der Waals surface area contributed by atoms with Crippen LogP contribution >= 0.6 is 0 Å². The third-order valence-corrected chi connectivity index (χ3v) is 19.5. The van der Waals surface area contributed by atoms with Crippen molar-refractivity contribution in [2.75, 3.05) is 55.9 Å². The van der Waals surface area contributed by atoms with Crippen LogP contribution in [0.2, 0.25) is 0 Å². The molecule has 0 spiro atoms. The lowest BCUT2D eigenvalue weighted by atomic mass is 9.97. The smallest absolute Gasteiger partial charge is 0.452 e. The highest BCUT2D eigenvalue weighted by Crippen LogP contribution is 2.47. The normalized spacial score (nSPS) is 13.5. The molecule has 22 nitrogen and oxygen atoms in total. The third-order valence-electron chi connectivity index (χ3n) is 17.2. The van der Waals surface area contributed by atoms with Crippen molar-refractivity contribution in [1.29, 1.82) is 0 Å². The lowest BCUT2D eigenvalue weighted by Gasteiger charge is -2.24. The summed E-state index contributed by atoms with van der Waals surface area (Å²) in [6.45, 7) is 5.84. The fourth-order valence-electron chi connectivity index (χ4n) is 12.1. The summed E-state index contributed by atoms with van der Waals surface area (Å²) >= 11 is 0. The lowest BCUT2D eigenvalue weighted by molar-refractivity contribution is 0.0956. The van der Waals surface area contributed by atoms with Crippen molar-refractivity contribution in [3.05, 3.63) is 202 Å². The number of azo groups is 1. The fraction of sp³-hybridized carbons (Fsp3) is 0.227. The van der Waals surface area contributed by atoms with Gasteiger partial charge >= 0.3 is 12.2 Å². The Labute approximate surface area is 597 Å². The number of sulfonamides is 2. The van der Waals surface area contributed by atoms with Gasteiger partial charge in [0.1, 0.15) is 52.1 Å². The highest BCUT2D eigenvalue weighted by Gasteiger charge is 2.33. The van der Waals surface area contributed by atoms with Gasteiger partial charge in [0.05, 0.1) is 94.4 Å². The SMILES string of the molecule is CC(C)OC(=O)N=NC(=O)OC(C)C.CNC(=O)c1c(-c2ccc(F)cc2)oc2cc(N(C)S(C)(=O)=O)c(-c3ccc(C(F)CO)c(C4=Cc5c(F)cccc5C4)n3)cc12.CNC(=O)c1c(-c2ccc(F)cc2)oc2cc(N(C)S(C)(=O)=O)c(-c3ccc4c(n3)-c3cc5c(F)cccc5n3CC4F)cc12. The fourth-order valence-corrected chi connectivity index (χ4v) is 13.1. The van der Waals surface area contributed by atoms with E-state index < -0.39 is 86.3 Å². The van der Waals surface area contributed by atoms with E-state index in [1.807, 2.05) is 0 Å². The molecule has 11 aromatic rings. The van der Waals surface area contributed by atoms with E-state index in [0.29, 0.717) is 77.7 Å². The molecule has 2 atom stereocenters. The van der Waals surface area contributed by atoms with E-state index in [0.717, 1.165) is 21.1 Å². The Morgan fingerprint density at radius 3 is 1.58 bits per heavy atom. The molecule has 13 rings (SSSR count). The lowest BCUT2D eigenvalue weighted by Crippen LogP contribution is -2.25. The third kappa shape index (κ3) is 15.4. The molecule has 3 N–H and O–H groups in total. The second-order valence-electron chi connectivity index (χ2n) is 24.9. The zero-order valence-corrected chi connectivity index (χ0v) is 59.5. The number of nitrogens with zero attached hydrogens (tertiary/aromatic N) is 7. The molecular weight excluding hydrogens is 1410 g/mol. The first-order valence-corrected chi connectivity index (χ1v) is 36.0. The van der Waals surface area contributed by atoms with E-state index in [2.05, 4.69) is 30.3 Å². The summed E-state index contributed by atoms with van der Waals surface area (Å²) in [4.78, 5) is 57.5. The van der Waals surface area contributed by atoms with Gasteiger partial charge in [-0.25, -0.2) is 62.7 Å². The van der Waals surface area contributed by atoms with E-state index in [9.17, 15) is 58.7 Å². The van der Waals surface area contributed by atoms with E-state index in [4.69, 9.17) is 18.8 Å². The first-order chi connectivity index (χ1) is 49.8. The molecule has 0 fully saturated rings. The number of alkyl halides is 2. The van der Waals surface area contributed by atoms with Gasteiger partial charge in [0.2, 0.25) is 20.0 Å². The number of amides is 4. The number of hydrogen-bond acceptors (Lipinski definition) is 15. The summed E-state index contributed by atoms with van der Waals surface area (Å²) in [5.74, 6) is -2.50. The molecule has 0 saturated carbocycles. The van der Waals surface area contributed by atoms with Crippen molar-refractivity contribution in [3.63, 3.8) is 0 Å². The summed E-state index contributed by atoms with van der Waals surface area (Å²) < 4.78 is 164. The molecule has 2 aliphatic rings. The predicted molar refractivity (Wildman–Crippen MR) is 385 cm³/mol. The number of aliphatic hydroxyl groups is 1. The van der Waals surface area contributed by atoms with E-state index >= 15 is 8.78 Å². The van der Waals surface area contributed by atoms with Gasteiger partial charge in [-0.05, 0) is 142 Å². The van der Waals surface area contributed by atoms with Gasteiger partial charge in [-0.2, -0.15) is 0 Å². The largest absolute Gasteiger partial charge is 0.455 e. The second-order valence-corrected chi connectivity index (χ2v) is 28.9. The molecule has 544 valence electrons. The number of pyridine rings is 2. The number of ether oxygens (including phenoxy) is 2. The summed E-state index contributed by atoms with van der Waals surface area (Å²) in [5, 5.41) is 21.9. The number of fused-ring (bicyclic) bond motifs is 8. The van der Waals surface area contributed by atoms with Crippen LogP contribution in [0.15, 0.2) is 159 Å². The predicted octanol–water partition coefficient (Wildman–Crippen LogP) is 15.7. The number of benzene rings is 6. The Morgan fingerprint density at radius 1 is 0.638 bits per heavy atom. The van der Waals surface area contributed by atoms with Crippen molar-refractivity contribution < 1.29 is 85.8 Å². The molecule has 30 heteroatoms. The number of rotatable bonds is 15. The molecular formula is C75H67F6N9O13S2. The maximum absolute atomic E-state index is 15.5. The topological polar surface area (TPSA) is 288 Å². The van der Waals surface area contributed by atoms with Crippen LogP contribution in [0.3, 0.4) is 0 Å². The van der Waals surface area contributed by atoms with Gasteiger partial charge in [0, 0.05) is 102 Å². The summed E-state index contributed by atoms with van der Waals surface area (Å²) in [6.07, 6.45) is -1.68. The highest BCUT2D eigenvalue weighted by molar-refractivity contribution is 7.92. The Kier molecular flexibility index (Phi) is 21.4. The molecule has 6 aromatic carbocycles. The van der Waals surface area contributed by atoms with Gasteiger partial charge in [0.25, 0.3) is 11.8 Å². The number of aromatic nitrogens is 3. The molecule has 0 saturated heterocycles. The standard InChI is InChI=1S/C34H28F3N3O5S.C33H25F3N4O4S.C8H14N2O4/c1-38-34(42)31-25-15-24(29(40(2)46(3,43)44)16-30(25)45-33(31)18-7-9-21(35)10-8-18)28-12-11-22(27(37)17-41)32(39-28)20-13-19-5-4-6-26(36)23(19)14-20;1-37-33(41)30-22-13-21(27(39(2)45(3,42)43)15-29(22)44-32(30)17-7-9-18(34)10-8-17)25-12-11-19-24(36)16-40-26-6-4-5-23(35)20(26)14-28(40)31(19)38-25;1-5(2)13-7(11)9-10-8(12)14-6(3)4/h4-12,14-16,27,41H,13,17H2,1-3H3,(H,38,42);4-15,24H,16H2,1-3H3,(H,37,41);5-6H,1-4H3. The molecule has 1 aliphatic carbocycles. The van der Waals surface area contributed by atoms with Crippen molar-refractivity contribution in [1.82, 2.24) is 25.2 Å². The summed E-state index contributed by atoms with van der Waals surface area (Å²) in [5.41, 5.74) is 6.46. The molecule has 2 unspecified atom stereocenters. The van der Waals surface area contributed by atoms with Crippen LogP contribution in [0.4, 0.5) is 47.3 Å². The second kappa shape index (κ2) is 30.1. The van der Waals surface area contributed by atoms with Crippen LogP contribution in [0, 0.1) is 23.3 Å². The Hall–Kier alpha value is -11.5. The quantitative estimate of drug-likeness (QED) is 0.0635. The number of allylic oxidation sites excluding steroid dienone is 1. The van der Waals surface area contributed by atoms with Crippen LogP contribution in [0.25, 0.3) is 101 Å². The number of anilines is 2. The Morgan fingerprint density at radius 2 is 1.11 bits per heavy atom. The van der Waals surface area contributed by atoms with Crippen LogP contribution in [0.1, 0.15) is 88.7 Å². The van der Waals surface area contributed by atoms with Gasteiger partial charge in [-0.3, -0.25) is 18.2 Å². The minimum Gasteiger partial charge on any atom is -0.455 e. The van der Waals surface area contributed by atoms with Crippen molar-refractivity contribution in [2.45, 2.75) is 65.2 Å². The monoisotopic (exact) mass is 1480 g/mol. The van der Waals surface area contributed by atoms with Crippen molar-refractivity contribution in [3.8, 4) is 56.6 Å². The number of aliphatic hydroxyl groups excluding tert-OH is 1. The first kappa shape index (κ1) is 74.7. The number of furan rings is 2. The highest BCUT2D eigenvalue weighted by atomic mass is 32.2. The molecule has 0 bridgehead atoms. The van der Waals surface area contributed by atoms with Gasteiger partial charge in [-0.1, -0.05) is 40.6 Å². The maximum atomic E-state index is 15.5. The summed E-state index contributed by atoms with van der Waals surface area (Å²) in [7, 11) is -2.00. The average molecular weight is 1480 g/mol. The van der Waals surface area contributed by atoms with Crippen LogP contribution in [0.5, 0.6) is 0 Å². The molecule has 105 heavy (non-hydrogen) atoms. The van der Waals surface area contributed by atoms with Crippen molar-refractivity contribution in [2.24, 2.45) is 10.2 Å². The molecule has 0 radical (unpaired) electrons. The Bertz CT molecular complexity index is 5560.